The maximum atomic E-state index is 12.2. The van der Waals surface area contributed by atoms with Crippen molar-refractivity contribution in [3.05, 3.63) is 17.5 Å². The quantitative estimate of drug-likeness (QED) is 0.283. The van der Waals surface area contributed by atoms with E-state index in [-0.39, 0.29) is 35.8 Å². The molecule has 2 rings (SSSR count). The van der Waals surface area contributed by atoms with Gasteiger partial charge in [-0.15, -0.1) is 24.0 Å². The molecule has 0 atom stereocenters. The number of piperidine rings is 1. The summed E-state index contributed by atoms with van der Waals surface area (Å²) in [7, 11) is -1.38. The minimum Gasteiger partial charge on any atom is -0.359 e. The molecule has 2 N–H and O–H groups in total. The molecule has 10 heteroatoms. The number of hydrogen-bond acceptors (Lipinski definition) is 5. The van der Waals surface area contributed by atoms with Crippen molar-refractivity contribution in [2.24, 2.45) is 4.99 Å². The van der Waals surface area contributed by atoms with Gasteiger partial charge in [0.05, 0.1) is 18.0 Å². The Morgan fingerprint density at radius 2 is 1.97 bits per heavy atom. The van der Waals surface area contributed by atoms with Gasteiger partial charge in [0.1, 0.15) is 0 Å². The molecule has 168 valence electrons. The summed E-state index contributed by atoms with van der Waals surface area (Å²) in [5, 5.41) is 10.8. The molecule has 29 heavy (non-hydrogen) atoms. The number of aliphatic imine (C=N–C) groups is 1. The minimum atomic E-state index is -3.11. The Morgan fingerprint density at radius 1 is 1.31 bits per heavy atom. The summed E-state index contributed by atoms with van der Waals surface area (Å²) in [5.74, 6) is 2.13. The summed E-state index contributed by atoms with van der Waals surface area (Å²) in [6, 6.07) is 2.21. The fourth-order valence-electron chi connectivity index (χ4n) is 3.54. The third kappa shape index (κ3) is 7.71. The Hall–Kier alpha value is -0.880. The number of rotatable bonds is 9. The molecule has 0 amide bonds. The Morgan fingerprint density at radius 3 is 2.52 bits per heavy atom. The van der Waals surface area contributed by atoms with E-state index in [1.807, 2.05) is 13.0 Å². The second-order valence-corrected chi connectivity index (χ2v) is 9.38. The molecule has 1 aromatic rings. The smallest absolute Gasteiger partial charge is 0.214 e. The predicted molar refractivity (Wildman–Crippen MR) is 127 cm³/mol. The summed E-state index contributed by atoms with van der Waals surface area (Å²) in [6.07, 6.45) is 4.28. The van der Waals surface area contributed by atoms with E-state index in [9.17, 15) is 8.42 Å². The van der Waals surface area contributed by atoms with Gasteiger partial charge in [-0.3, -0.25) is 4.99 Å². The molecule has 0 saturated carbocycles. The van der Waals surface area contributed by atoms with Gasteiger partial charge in [-0.25, -0.2) is 12.7 Å². The molecular weight excluding hydrogens is 505 g/mol. The lowest BCUT2D eigenvalue weighted by Crippen LogP contribution is -2.49. The van der Waals surface area contributed by atoms with E-state index in [0.717, 1.165) is 37.1 Å². The number of hydrogen-bond donors (Lipinski definition) is 2. The normalized spacial score (nSPS) is 16.7. The summed E-state index contributed by atoms with van der Waals surface area (Å²) in [5.41, 5.74) is 1.01. The maximum absolute atomic E-state index is 12.2. The monoisotopic (exact) mass is 541 g/mol. The lowest BCUT2D eigenvalue weighted by Gasteiger charge is -2.32. The zero-order valence-electron chi connectivity index (χ0n) is 18.0. The standard InChI is InChI=1S/C19H35N5O3S.HI/c1-5-12-28(25,26)24-10-8-16(9-11-24)22-19(20-4)21-14-17-13-18(23-27-17)15(6-2)7-3;/h13,15-16H,5-12,14H2,1-4H3,(H2,20,21,22);1H. The second kappa shape index (κ2) is 12.7. The average molecular weight is 542 g/mol. The Balaban J connectivity index is 0.00000420. The van der Waals surface area contributed by atoms with Crippen LogP contribution in [0.2, 0.25) is 0 Å². The fourth-order valence-corrected chi connectivity index (χ4v) is 5.08. The van der Waals surface area contributed by atoms with Crippen LogP contribution < -0.4 is 10.6 Å². The Kier molecular flexibility index (Phi) is 11.5. The molecule has 2 heterocycles. The van der Waals surface area contributed by atoms with Gasteiger partial charge in [-0.2, -0.15) is 0 Å². The first-order valence-electron chi connectivity index (χ1n) is 10.3. The van der Waals surface area contributed by atoms with Crippen molar-refractivity contribution in [1.29, 1.82) is 0 Å². The van der Waals surface area contributed by atoms with Crippen LogP contribution >= 0.6 is 24.0 Å². The van der Waals surface area contributed by atoms with Crippen LogP contribution in [0.25, 0.3) is 0 Å². The van der Waals surface area contributed by atoms with E-state index < -0.39 is 10.0 Å². The SMILES string of the molecule is CCCS(=O)(=O)N1CCC(NC(=NC)NCc2cc(C(CC)CC)no2)CC1.I. The third-order valence-corrected chi connectivity index (χ3v) is 7.36. The van der Waals surface area contributed by atoms with Crippen molar-refractivity contribution in [3.63, 3.8) is 0 Å². The molecule has 0 aromatic carbocycles. The average Bonchev–Trinajstić information content (AvgIpc) is 3.15. The Bertz CT molecular complexity index is 726. The predicted octanol–water partition coefficient (Wildman–Crippen LogP) is 3.07. The number of halogens is 1. The van der Waals surface area contributed by atoms with Crippen LogP contribution in [0.1, 0.15) is 70.2 Å². The molecule has 1 aliphatic heterocycles. The Labute approximate surface area is 192 Å². The van der Waals surface area contributed by atoms with Gasteiger partial charge < -0.3 is 15.2 Å². The molecule has 0 bridgehead atoms. The third-order valence-electron chi connectivity index (χ3n) is 5.28. The van der Waals surface area contributed by atoms with Gasteiger partial charge in [0.2, 0.25) is 10.0 Å². The fraction of sp³-hybridized carbons (Fsp3) is 0.789. The van der Waals surface area contributed by atoms with Crippen LogP contribution in [0.3, 0.4) is 0 Å². The van der Waals surface area contributed by atoms with Crippen LogP contribution in [-0.2, 0) is 16.6 Å². The van der Waals surface area contributed by atoms with Gasteiger partial charge in [0.25, 0.3) is 0 Å². The first kappa shape index (κ1) is 26.2. The summed E-state index contributed by atoms with van der Waals surface area (Å²) in [6.45, 7) is 7.83. The van der Waals surface area contributed by atoms with Crippen molar-refractivity contribution in [2.45, 2.75) is 71.4 Å². The van der Waals surface area contributed by atoms with Crippen molar-refractivity contribution >= 4 is 40.0 Å². The maximum Gasteiger partial charge on any atom is 0.214 e. The molecule has 1 aromatic heterocycles. The molecule has 0 radical (unpaired) electrons. The molecule has 8 nitrogen and oxygen atoms in total. The highest BCUT2D eigenvalue weighted by Crippen LogP contribution is 2.22. The molecule has 1 saturated heterocycles. The molecule has 0 unspecified atom stereocenters. The van der Waals surface area contributed by atoms with Gasteiger partial charge in [-0.1, -0.05) is 25.9 Å². The molecular formula is C19H36IN5O3S. The number of sulfonamides is 1. The van der Waals surface area contributed by atoms with Crippen LogP contribution in [0.5, 0.6) is 0 Å². The van der Waals surface area contributed by atoms with Gasteiger partial charge >= 0.3 is 0 Å². The summed E-state index contributed by atoms with van der Waals surface area (Å²) in [4.78, 5) is 4.27. The van der Waals surface area contributed by atoms with E-state index in [1.165, 1.54) is 0 Å². The van der Waals surface area contributed by atoms with Crippen molar-refractivity contribution in [3.8, 4) is 0 Å². The van der Waals surface area contributed by atoms with Crippen LogP contribution in [0.15, 0.2) is 15.6 Å². The first-order chi connectivity index (χ1) is 13.4. The molecule has 0 spiro atoms. The van der Waals surface area contributed by atoms with Crippen molar-refractivity contribution in [1.82, 2.24) is 20.1 Å². The van der Waals surface area contributed by atoms with E-state index >= 15 is 0 Å². The molecule has 0 aliphatic carbocycles. The lowest BCUT2D eigenvalue weighted by atomic mass is 9.99. The largest absolute Gasteiger partial charge is 0.359 e. The summed E-state index contributed by atoms with van der Waals surface area (Å²) >= 11 is 0. The van der Waals surface area contributed by atoms with Gasteiger partial charge in [0, 0.05) is 38.2 Å². The highest BCUT2D eigenvalue weighted by Gasteiger charge is 2.27. The highest BCUT2D eigenvalue weighted by atomic mass is 127. The van der Waals surface area contributed by atoms with E-state index in [1.54, 1.807) is 11.4 Å². The van der Waals surface area contributed by atoms with Crippen LogP contribution in [0.4, 0.5) is 0 Å². The van der Waals surface area contributed by atoms with Crippen LogP contribution in [0, 0.1) is 0 Å². The zero-order valence-corrected chi connectivity index (χ0v) is 21.1. The number of nitrogens with zero attached hydrogens (tertiary/aromatic N) is 3. The topological polar surface area (TPSA) is 99.8 Å². The highest BCUT2D eigenvalue weighted by molar-refractivity contribution is 14.0. The molecule has 1 aliphatic rings. The zero-order chi connectivity index (χ0) is 20.6. The van der Waals surface area contributed by atoms with Crippen LogP contribution in [-0.4, -0.2) is 55.8 Å². The minimum absolute atomic E-state index is 0. The second-order valence-electron chi connectivity index (χ2n) is 7.29. The number of guanidine groups is 1. The lowest BCUT2D eigenvalue weighted by molar-refractivity contribution is 0.305. The van der Waals surface area contributed by atoms with E-state index in [2.05, 4.69) is 34.6 Å². The van der Waals surface area contributed by atoms with Gasteiger partial charge in [0.15, 0.2) is 11.7 Å². The molecule has 1 fully saturated rings. The van der Waals surface area contributed by atoms with E-state index in [0.29, 0.717) is 37.9 Å². The van der Waals surface area contributed by atoms with E-state index in [4.69, 9.17) is 4.52 Å². The van der Waals surface area contributed by atoms with Gasteiger partial charge in [-0.05, 0) is 32.1 Å². The van der Waals surface area contributed by atoms with Crippen molar-refractivity contribution in [2.75, 3.05) is 25.9 Å². The number of aromatic nitrogens is 1. The summed E-state index contributed by atoms with van der Waals surface area (Å²) < 4.78 is 31.4. The van der Waals surface area contributed by atoms with Crippen molar-refractivity contribution < 1.29 is 12.9 Å². The number of nitrogens with one attached hydrogen (secondary N) is 2. The first-order valence-corrected chi connectivity index (χ1v) is 11.9.